The van der Waals surface area contributed by atoms with Crippen molar-refractivity contribution in [2.45, 2.75) is 38.0 Å². The summed E-state index contributed by atoms with van der Waals surface area (Å²) in [6.45, 7) is 7.39. The normalized spacial score (nSPS) is 19.9. The molecule has 0 radical (unpaired) electrons. The van der Waals surface area contributed by atoms with Crippen LogP contribution in [-0.4, -0.2) is 8.07 Å². The van der Waals surface area contributed by atoms with Crippen molar-refractivity contribution < 1.29 is 0 Å². The molecule has 0 saturated heterocycles. The summed E-state index contributed by atoms with van der Waals surface area (Å²) in [5.41, 5.74) is 1.19. The molecule has 0 aromatic rings. The Morgan fingerprint density at radius 3 is 1.50 bits per heavy atom. The lowest BCUT2D eigenvalue weighted by Gasteiger charge is -2.12. The van der Waals surface area contributed by atoms with E-state index in [-0.39, 0.29) is 12.4 Å². The van der Waals surface area contributed by atoms with E-state index < -0.39 is 8.07 Å². The van der Waals surface area contributed by atoms with Gasteiger partial charge < -0.3 is 0 Å². The molecule has 0 atom stereocenters. The average molecular weight is 151 g/mol. The molecule has 0 N–H and O–H groups in total. The molecular weight excluding hydrogens is 136 g/mol. The molecule has 1 rings (SSSR count). The Morgan fingerprint density at radius 1 is 1.12 bits per heavy atom. The van der Waals surface area contributed by atoms with Gasteiger partial charge >= 0.3 is 0 Å². The molecule has 1 aliphatic rings. The van der Waals surface area contributed by atoms with Crippen molar-refractivity contribution in [1.29, 1.82) is 0 Å². The van der Waals surface area contributed by atoms with Gasteiger partial charge in [-0.25, -0.2) is 0 Å². The minimum absolute atomic E-state index is 0. The number of hydrogen-bond donors (Lipinski definition) is 0. The molecule has 1 saturated carbocycles. The second-order valence-electron chi connectivity index (χ2n) is 3.64. The molecule has 1 aliphatic carbocycles. The van der Waals surface area contributed by atoms with Crippen LogP contribution >= 0.6 is 12.4 Å². The highest BCUT2D eigenvalue weighted by molar-refractivity contribution is 6.78. The van der Waals surface area contributed by atoms with Gasteiger partial charge in [-0.05, 0) is 5.54 Å². The van der Waals surface area contributed by atoms with Crippen LogP contribution in [0.2, 0.25) is 25.2 Å². The predicted molar refractivity (Wildman–Crippen MR) is 43.6 cm³/mol. The first-order valence-corrected chi connectivity index (χ1v) is 6.68. The lowest BCUT2D eigenvalue weighted by atomic mass is 11.0. The zero-order chi connectivity index (χ0) is 5.49. The fourth-order valence-corrected chi connectivity index (χ4v) is 2.85. The summed E-state index contributed by atoms with van der Waals surface area (Å²) in [5.74, 6) is 0. The molecule has 50 valence electrons. The maximum atomic E-state index is 2.46. The van der Waals surface area contributed by atoms with Crippen molar-refractivity contribution in [2.24, 2.45) is 0 Å². The highest BCUT2D eigenvalue weighted by Gasteiger charge is 2.34. The molecule has 0 unspecified atom stereocenters. The second-order valence-corrected chi connectivity index (χ2v) is 9.19. The van der Waals surface area contributed by atoms with E-state index in [1.54, 1.807) is 0 Å². The van der Waals surface area contributed by atoms with Crippen LogP contribution in [0.25, 0.3) is 0 Å². The first-order chi connectivity index (χ1) is 3.11. The molecule has 8 heavy (non-hydrogen) atoms. The third kappa shape index (κ3) is 2.18. The summed E-state index contributed by atoms with van der Waals surface area (Å²) in [4.78, 5) is 0. The van der Waals surface area contributed by atoms with E-state index in [4.69, 9.17) is 0 Å². The van der Waals surface area contributed by atoms with Gasteiger partial charge in [-0.3, -0.25) is 0 Å². The zero-order valence-corrected chi connectivity index (χ0v) is 7.72. The van der Waals surface area contributed by atoms with E-state index in [1.807, 2.05) is 0 Å². The van der Waals surface area contributed by atoms with Gasteiger partial charge in [0.05, 0.1) is 0 Å². The predicted octanol–water partition coefficient (Wildman–Crippen LogP) is 2.91. The van der Waals surface area contributed by atoms with E-state index in [0.29, 0.717) is 0 Å². The Bertz CT molecular complexity index is 71.1. The summed E-state index contributed by atoms with van der Waals surface area (Å²) in [7, 11) is -0.623. The molecular formula is C6H15ClSi. The first kappa shape index (κ1) is 8.51. The highest BCUT2D eigenvalue weighted by atomic mass is 35.5. The maximum Gasteiger partial charge on any atom is 0.0473 e. The third-order valence-electron chi connectivity index (χ3n) is 1.80. The standard InChI is InChI=1S/C6H14Si.ClH/c1-7(2,3)6-4-5-6;/h6H,4-5H2,1-3H3;1H. The Labute approximate surface area is 59.1 Å². The molecule has 1 fully saturated rings. The summed E-state index contributed by atoms with van der Waals surface area (Å²) in [6, 6.07) is 0. The van der Waals surface area contributed by atoms with E-state index in [1.165, 1.54) is 18.4 Å². The Hall–Kier alpha value is 0.507. The van der Waals surface area contributed by atoms with Crippen LogP contribution in [0.5, 0.6) is 0 Å². The van der Waals surface area contributed by atoms with Crippen LogP contribution in [0, 0.1) is 0 Å². The van der Waals surface area contributed by atoms with Gasteiger partial charge in [0.25, 0.3) is 0 Å². The van der Waals surface area contributed by atoms with Crippen molar-refractivity contribution in [3.63, 3.8) is 0 Å². The maximum absolute atomic E-state index is 2.46. The molecule has 0 aromatic heterocycles. The quantitative estimate of drug-likeness (QED) is 0.505. The van der Waals surface area contributed by atoms with Gasteiger partial charge in [0.1, 0.15) is 0 Å². The fraction of sp³-hybridized carbons (Fsp3) is 1.00. The highest BCUT2D eigenvalue weighted by Crippen LogP contribution is 2.44. The fourth-order valence-electron chi connectivity index (χ4n) is 0.949. The van der Waals surface area contributed by atoms with Crippen LogP contribution < -0.4 is 0 Å². The third-order valence-corrected chi connectivity index (χ3v) is 4.83. The molecule has 0 bridgehead atoms. The van der Waals surface area contributed by atoms with Crippen molar-refractivity contribution in [2.75, 3.05) is 0 Å². The molecule has 0 spiro atoms. The monoisotopic (exact) mass is 150 g/mol. The number of rotatable bonds is 1. The molecule has 2 heteroatoms. The molecule has 0 aliphatic heterocycles. The van der Waals surface area contributed by atoms with E-state index in [0.717, 1.165) is 0 Å². The van der Waals surface area contributed by atoms with Crippen LogP contribution in [-0.2, 0) is 0 Å². The van der Waals surface area contributed by atoms with Crippen LogP contribution in [0.3, 0.4) is 0 Å². The molecule has 0 aromatic carbocycles. The van der Waals surface area contributed by atoms with Gasteiger partial charge in [-0.2, -0.15) is 0 Å². The second kappa shape index (κ2) is 2.40. The Morgan fingerprint density at radius 2 is 1.50 bits per heavy atom. The largest absolute Gasteiger partial charge is 0.147 e. The summed E-state index contributed by atoms with van der Waals surface area (Å²) in [5, 5.41) is 0. The lowest BCUT2D eigenvalue weighted by Crippen LogP contribution is -2.18. The van der Waals surface area contributed by atoms with E-state index >= 15 is 0 Å². The van der Waals surface area contributed by atoms with Crippen molar-refractivity contribution >= 4 is 20.5 Å². The van der Waals surface area contributed by atoms with Crippen molar-refractivity contribution in [3.8, 4) is 0 Å². The van der Waals surface area contributed by atoms with Crippen LogP contribution in [0.1, 0.15) is 12.8 Å². The van der Waals surface area contributed by atoms with E-state index in [2.05, 4.69) is 19.6 Å². The van der Waals surface area contributed by atoms with Gasteiger partial charge in [-0.1, -0.05) is 32.5 Å². The van der Waals surface area contributed by atoms with Crippen LogP contribution in [0.4, 0.5) is 0 Å². The zero-order valence-electron chi connectivity index (χ0n) is 5.90. The average Bonchev–Trinajstić information content (AvgIpc) is 1.99. The summed E-state index contributed by atoms with van der Waals surface area (Å²) < 4.78 is 0. The summed E-state index contributed by atoms with van der Waals surface area (Å²) >= 11 is 0. The first-order valence-electron chi connectivity index (χ1n) is 3.11. The molecule has 0 heterocycles. The molecule has 0 nitrogen and oxygen atoms in total. The smallest absolute Gasteiger partial charge is 0.0473 e. The van der Waals surface area contributed by atoms with Gasteiger partial charge in [0.2, 0.25) is 0 Å². The minimum atomic E-state index is -0.623. The number of halogens is 1. The Balaban J connectivity index is 0.000000490. The van der Waals surface area contributed by atoms with Crippen LogP contribution in [0.15, 0.2) is 0 Å². The Kier molecular flexibility index (Phi) is 2.55. The van der Waals surface area contributed by atoms with Crippen molar-refractivity contribution in [3.05, 3.63) is 0 Å². The SMILES string of the molecule is C[Si](C)(C)C1CC1.Cl. The van der Waals surface area contributed by atoms with Gasteiger partial charge in [-0.15, -0.1) is 12.4 Å². The van der Waals surface area contributed by atoms with Gasteiger partial charge in [0.15, 0.2) is 0 Å². The van der Waals surface area contributed by atoms with Gasteiger partial charge in [0, 0.05) is 8.07 Å². The topological polar surface area (TPSA) is 0 Å². The molecule has 0 amide bonds. The lowest BCUT2D eigenvalue weighted by molar-refractivity contribution is 1.33. The minimum Gasteiger partial charge on any atom is -0.147 e. The summed E-state index contributed by atoms with van der Waals surface area (Å²) in [6.07, 6.45) is 3.07. The van der Waals surface area contributed by atoms with Crippen molar-refractivity contribution in [1.82, 2.24) is 0 Å². The number of hydrogen-bond acceptors (Lipinski definition) is 0. The van der Waals surface area contributed by atoms with E-state index in [9.17, 15) is 0 Å².